The van der Waals surface area contributed by atoms with Crippen LogP contribution in [0.4, 0.5) is 11.4 Å². The highest BCUT2D eigenvalue weighted by molar-refractivity contribution is 5.85. The molecule has 8 nitrogen and oxygen atoms in total. The minimum Gasteiger partial charge on any atom is -0.383 e. The molecule has 0 bridgehead atoms. The van der Waals surface area contributed by atoms with E-state index in [4.69, 9.17) is 10.5 Å². The van der Waals surface area contributed by atoms with Crippen molar-refractivity contribution >= 4 is 29.7 Å². The molecule has 1 aliphatic heterocycles. The number of anilines is 1. The van der Waals surface area contributed by atoms with Crippen LogP contribution in [0.5, 0.6) is 0 Å². The molecule has 1 aromatic rings. The Morgan fingerprint density at radius 1 is 1.35 bits per heavy atom. The van der Waals surface area contributed by atoms with Crippen LogP contribution in [0.25, 0.3) is 0 Å². The Kier molecular flexibility index (Phi) is 7.21. The van der Waals surface area contributed by atoms with E-state index in [1.807, 2.05) is 4.90 Å². The molecule has 0 aromatic heterocycles. The van der Waals surface area contributed by atoms with E-state index in [2.05, 4.69) is 0 Å². The lowest BCUT2D eigenvalue weighted by Gasteiger charge is -2.36. The fourth-order valence-corrected chi connectivity index (χ4v) is 2.54. The molecule has 2 rings (SSSR count). The van der Waals surface area contributed by atoms with E-state index in [1.165, 1.54) is 13.2 Å². The second-order valence-electron chi connectivity index (χ2n) is 5.12. The number of carbonyl (C=O) groups is 1. The number of hydrogen-bond acceptors (Lipinski definition) is 6. The van der Waals surface area contributed by atoms with Gasteiger partial charge in [0, 0.05) is 39.4 Å². The van der Waals surface area contributed by atoms with Crippen LogP contribution in [-0.2, 0) is 9.53 Å². The molecule has 1 heterocycles. The maximum absolute atomic E-state index is 12.1. The first-order chi connectivity index (χ1) is 10.5. The van der Waals surface area contributed by atoms with Crippen molar-refractivity contribution in [3.05, 3.63) is 34.4 Å². The van der Waals surface area contributed by atoms with Gasteiger partial charge in [0.25, 0.3) is 5.69 Å². The minimum atomic E-state index is -0.664. The van der Waals surface area contributed by atoms with Gasteiger partial charge in [0.1, 0.15) is 11.7 Å². The second kappa shape index (κ2) is 8.66. The number of nitrogens with zero attached hydrogens (tertiary/aromatic N) is 3. The molecule has 1 amide bonds. The number of rotatable bonds is 5. The van der Waals surface area contributed by atoms with Crippen LogP contribution >= 0.6 is 12.4 Å². The molecule has 23 heavy (non-hydrogen) atoms. The summed E-state index contributed by atoms with van der Waals surface area (Å²) >= 11 is 0. The van der Waals surface area contributed by atoms with E-state index < -0.39 is 6.04 Å². The maximum Gasteiger partial charge on any atom is 0.292 e. The van der Waals surface area contributed by atoms with Gasteiger partial charge in [-0.05, 0) is 6.07 Å². The number of ether oxygens (including phenoxy) is 1. The Hall–Kier alpha value is -1.90. The van der Waals surface area contributed by atoms with Gasteiger partial charge in [0.2, 0.25) is 5.91 Å². The van der Waals surface area contributed by atoms with Crippen LogP contribution in [0.1, 0.15) is 0 Å². The molecule has 1 saturated heterocycles. The number of nitro groups is 1. The van der Waals surface area contributed by atoms with E-state index in [9.17, 15) is 14.9 Å². The van der Waals surface area contributed by atoms with Crippen molar-refractivity contribution < 1.29 is 14.5 Å². The van der Waals surface area contributed by atoms with Gasteiger partial charge in [-0.1, -0.05) is 12.1 Å². The van der Waals surface area contributed by atoms with Crippen LogP contribution in [0.15, 0.2) is 24.3 Å². The molecular formula is C14H21ClN4O4. The molecule has 0 aliphatic carbocycles. The van der Waals surface area contributed by atoms with E-state index in [0.29, 0.717) is 31.9 Å². The predicted octanol–water partition coefficient (Wildman–Crippen LogP) is 0.639. The number of nitro benzene ring substituents is 1. The third kappa shape index (κ3) is 4.54. The topological polar surface area (TPSA) is 102 Å². The zero-order valence-corrected chi connectivity index (χ0v) is 13.7. The van der Waals surface area contributed by atoms with Crippen LogP contribution in [-0.4, -0.2) is 61.7 Å². The zero-order valence-electron chi connectivity index (χ0n) is 12.9. The minimum absolute atomic E-state index is 0. The lowest BCUT2D eigenvalue weighted by atomic mass is 10.2. The van der Waals surface area contributed by atoms with E-state index in [0.717, 1.165) is 0 Å². The number of hydrogen-bond donors (Lipinski definition) is 1. The molecule has 0 radical (unpaired) electrons. The first-order valence-electron chi connectivity index (χ1n) is 7.06. The molecule has 1 aliphatic rings. The highest BCUT2D eigenvalue weighted by atomic mass is 35.5. The van der Waals surface area contributed by atoms with Crippen molar-refractivity contribution in [2.45, 2.75) is 6.04 Å². The third-order valence-electron chi connectivity index (χ3n) is 3.67. The summed E-state index contributed by atoms with van der Waals surface area (Å²) in [5.41, 5.74) is 6.41. The van der Waals surface area contributed by atoms with E-state index >= 15 is 0 Å². The van der Waals surface area contributed by atoms with Crippen LogP contribution in [0, 0.1) is 10.1 Å². The molecule has 128 valence electrons. The monoisotopic (exact) mass is 344 g/mol. The molecule has 1 fully saturated rings. The molecule has 2 N–H and O–H groups in total. The Morgan fingerprint density at radius 3 is 2.52 bits per heavy atom. The van der Waals surface area contributed by atoms with Gasteiger partial charge >= 0.3 is 0 Å². The summed E-state index contributed by atoms with van der Waals surface area (Å²) < 4.78 is 4.89. The Labute approximate surface area is 140 Å². The molecule has 1 unspecified atom stereocenters. The summed E-state index contributed by atoms with van der Waals surface area (Å²) in [6.07, 6.45) is 0. The van der Waals surface area contributed by atoms with Gasteiger partial charge in [0.15, 0.2) is 0 Å². The SMILES string of the molecule is COCC(N)C(=O)N1CCN(c2ccccc2[N+](=O)[O-])CC1.Cl. The van der Waals surface area contributed by atoms with E-state index in [-0.39, 0.29) is 35.5 Å². The number of carbonyl (C=O) groups excluding carboxylic acids is 1. The highest BCUT2D eigenvalue weighted by Gasteiger charge is 2.27. The molecule has 0 spiro atoms. The predicted molar refractivity (Wildman–Crippen MR) is 89.0 cm³/mol. The summed E-state index contributed by atoms with van der Waals surface area (Å²) in [4.78, 5) is 26.4. The molecule has 1 atom stereocenters. The molecular weight excluding hydrogens is 324 g/mol. The number of para-hydroxylation sites is 2. The van der Waals surface area contributed by atoms with Crippen molar-refractivity contribution in [3.8, 4) is 0 Å². The average Bonchev–Trinajstić information content (AvgIpc) is 2.54. The van der Waals surface area contributed by atoms with Gasteiger partial charge in [-0.3, -0.25) is 14.9 Å². The standard InChI is InChI=1S/C14H20N4O4.ClH/c1-22-10-11(15)14(19)17-8-6-16(7-9-17)12-4-2-3-5-13(12)18(20)21;/h2-5,11H,6-10,15H2,1H3;1H. The number of nitrogens with two attached hydrogens (primary N) is 1. The fourth-order valence-electron chi connectivity index (χ4n) is 2.54. The third-order valence-corrected chi connectivity index (χ3v) is 3.67. The second-order valence-corrected chi connectivity index (χ2v) is 5.12. The van der Waals surface area contributed by atoms with Crippen molar-refractivity contribution in [1.82, 2.24) is 4.90 Å². The molecule has 0 saturated carbocycles. The Balaban J connectivity index is 0.00000264. The van der Waals surface area contributed by atoms with Crippen LogP contribution in [0.3, 0.4) is 0 Å². The van der Waals surface area contributed by atoms with E-state index in [1.54, 1.807) is 23.1 Å². The van der Waals surface area contributed by atoms with Crippen molar-refractivity contribution in [2.24, 2.45) is 5.73 Å². The number of amides is 1. The van der Waals surface area contributed by atoms with Crippen molar-refractivity contribution in [1.29, 1.82) is 0 Å². The van der Waals surface area contributed by atoms with Gasteiger partial charge in [-0.15, -0.1) is 12.4 Å². The quantitative estimate of drug-likeness (QED) is 0.621. The average molecular weight is 345 g/mol. The van der Waals surface area contributed by atoms with Gasteiger partial charge in [-0.2, -0.15) is 0 Å². The number of piperazine rings is 1. The lowest BCUT2D eigenvalue weighted by Crippen LogP contribution is -2.54. The maximum atomic E-state index is 12.1. The fraction of sp³-hybridized carbons (Fsp3) is 0.500. The van der Waals surface area contributed by atoms with Crippen LogP contribution in [0.2, 0.25) is 0 Å². The number of methoxy groups -OCH3 is 1. The summed E-state index contributed by atoms with van der Waals surface area (Å²) in [5.74, 6) is -0.149. The van der Waals surface area contributed by atoms with Crippen molar-refractivity contribution in [2.75, 3.05) is 44.8 Å². The highest BCUT2D eigenvalue weighted by Crippen LogP contribution is 2.28. The van der Waals surface area contributed by atoms with Gasteiger partial charge < -0.3 is 20.3 Å². The summed E-state index contributed by atoms with van der Waals surface area (Å²) in [6, 6.07) is 5.97. The molecule has 9 heteroatoms. The largest absolute Gasteiger partial charge is 0.383 e. The summed E-state index contributed by atoms with van der Waals surface area (Å²) in [6.45, 7) is 2.24. The molecule has 1 aromatic carbocycles. The number of halogens is 1. The smallest absolute Gasteiger partial charge is 0.292 e. The lowest BCUT2D eigenvalue weighted by molar-refractivity contribution is -0.384. The summed E-state index contributed by atoms with van der Waals surface area (Å²) in [5, 5.41) is 11.1. The van der Waals surface area contributed by atoms with Crippen LogP contribution < -0.4 is 10.6 Å². The normalized spacial score (nSPS) is 15.7. The van der Waals surface area contributed by atoms with Crippen molar-refractivity contribution in [3.63, 3.8) is 0 Å². The van der Waals surface area contributed by atoms with Gasteiger partial charge in [-0.25, -0.2) is 0 Å². The summed E-state index contributed by atoms with van der Waals surface area (Å²) in [7, 11) is 1.50. The number of benzene rings is 1. The Morgan fingerprint density at radius 2 is 1.96 bits per heavy atom. The first kappa shape index (κ1) is 19.1. The zero-order chi connectivity index (χ0) is 16.1. The van der Waals surface area contributed by atoms with Gasteiger partial charge in [0.05, 0.1) is 11.5 Å². The Bertz CT molecular complexity index is 549. The first-order valence-corrected chi connectivity index (χ1v) is 7.06.